The zero-order valence-electron chi connectivity index (χ0n) is 15.8. The maximum absolute atomic E-state index is 14.0. The Bertz CT molecular complexity index is 1120. The van der Waals surface area contributed by atoms with E-state index in [0.717, 1.165) is 23.9 Å². The molecule has 0 saturated carbocycles. The zero-order valence-corrected chi connectivity index (χ0v) is 16.1. The largest absolute Gasteiger partial charge is 0.487 e. The molecular formula is C18H14BrClFN3O2. The van der Waals surface area contributed by atoms with Gasteiger partial charge in [0.05, 0.1) is 13.5 Å². The lowest BCUT2D eigenvalue weighted by Crippen LogP contribution is -2.21. The van der Waals surface area contributed by atoms with E-state index in [2.05, 4.69) is 25.9 Å². The van der Waals surface area contributed by atoms with Gasteiger partial charge >= 0.3 is 0 Å². The van der Waals surface area contributed by atoms with Crippen LogP contribution in [0.4, 0.5) is 4.39 Å². The molecule has 3 rings (SSSR count). The number of hydrogen-bond donors (Lipinski definition) is 0. The van der Waals surface area contributed by atoms with E-state index in [4.69, 9.17) is 19.1 Å². The number of ether oxygens (including phenoxy) is 1. The Morgan fingerprint density at radius 3 is 2.73 bits per heavy atom. The van der Waals surface area contributed by atoms with Gasteiger partial charge < -0.3 is 4.74 Å². The Labute approximate surface area is 165 Å². The van der Waals surface area contributed by atoms with Crippen molar-refractivity contribution in [3.63, 3.8) is 0 Å². The van der Waals surface area contributed by atoms with Crippen molar-refractivity contribution in [1.82, 2.24) is 14.5 Å². The number of aryl methyl sites for hydroxylation is 2. The van der Waals surface area contributed by atoms with Gasteiger partial charge in [-0.1, -0.05) is 11.6 Å². The molecule has 0 aliphatic carbocycles. The van der Waals surface area contributed by atoms with Crippen LogP contribution in [0, 0.1) is 19.7 Å². The van der Waals surface area contributed by atoms with Crippen molar-refractivity contribution in [3.05, 3.63) is 79.4 Å². The molecule has 0 amide bonds. The molecule has 8 heteroatoms. The van der Waals surface area contributed by atoms with Gasteiger partial charge in [0.25, 0.3) is 5.56 Å². The standard InChI is InChI=1S/C18H14BrClFN3O2/c1-10-7-23-17(19)6-16(10)24-11(2)3-13(5-18(24)25)26-9-15-14(21)4-12(20)8-22-15/h3-8H,9H2,1-2H3/i9D2. The fourth-order valence-electron chi connectivity index (χ4n) is 2.37. The number of halogens is 3. The first kappa shape index (κ1) is 16.0. The van der Waals surface area contributed by atoms with E-state index in [-0.39, 0.29) is 10.8 Å². The predicted molar refractivity (Wildman–Crippen MR) is 101 cm³/mol. The van der Waals surface area contributed by atoms with Crippen LogP contribution in [-0.2, 0) is 6.56 Å². The summed E-state index contributed by atoms with van der Waals surface area (Å²) in [5.41, 5.74) is 0.919. The van der Waals surface area contributed by atoms with Crippen molar-refractivity contribution >= 4 is 27.5 Å². The molecule has 3 heterocycles. The fourth-order valence-corrected chi connectivity index (χ4v) is 2.83. The molecule has 0 unspecified atom stereocenters. The minimum absolute atomic E-state index is 0.0365. The molecule has 0 aliphatic heterocycles. The lowest BCUT2D eigenvalue weighted by molar-refractivity contribution is 0.293. The molecule has 0 aromatic carbocycles. The average Bonchev–Trinajstić information content (AvgIpc) is 2.56. The topological polar surface area (TPSA) is 57.0 Å². The van der Waals surface area contributed by atoms with Crippen molar-refractivity contribution in [2.75, 3.05) is 0 Å². The minimum atomic E-state index is -2.60. The highest BCUT2D eigenvalue weighted by molar-refractivity contribution is 9.10. The van der Waals surface area contributed by atoms with Crippen molar-refractivity contribution in [2.24, 2.45) is 0 Å². The molecule has 26 heavy (non-hydrogen) atoms. The predicted octanol–water partition coefficient (Wildman–Crippen LogP) is 4.38. The Hall–Kier alpha value is -2.25. The van der Waals surface area contributed by atoms with Gasteiger partial charge in [-0.05, 0) is 47.5 Å². The van der Waals surface area contributed by atoms with Crippen LogP contribution in [-0.4, -0.2) is 14.5 Å². The maximum atomic E-state index is 14.0. The summed E-state index contributed by atoms with van der Waals surface area (Å²) in [6, 6.07) is 5.27. The van der Waals surface area contributed by atoms with Crippen LogP contribution < -0.4 is 10.3 Å². The van der Waals surface area contributed by atoms with Crippen LogP contribution in [0.2, 0.25) is 5.02 Å². The summed E-state index contributed by atoms with van der Waals surface area (Å²) in [5, 5.41) is 0.0365. The van der Waals surface area contributed by atoms with Crippen LogP contribution in [0.3, 0.4) is 0 Å². The molecule has 0 saturated heterocycles. The monoisotopic (exact) mass is 439 g/mol. The molecule has 0 aliphatic rings. The fraction of sp³-hybridized carbons (Fsp3) is 0.167. The van der Waals surface area contributed by atoms with Gasteiger partial charge in [-0.2, -0.15) is 0 Å². The highest BCUT2D eigenvalue weighted by atomic mass is 79.9. The van der Waals surface area contributed by atoms with Crippen molar-refractivity contribution in [1.29, 1.82) is 0 Å². The molecule has 0 N–H and O–H groups in total. The highest BCUT2D eigenvalue weighted by Crippen LogP contribution is 2.20. The van der Waals surface area contributed by atoms with Gasteiger partial charge in [-0.15, -0.1) is 0 Å². The summed E-state index contributed by atoms with van der Waals surface area (Å²) in [7, 11) is 0. The maximum Gasteiger partial charge on any atom is 0.259 e. The molecule has 3 aromatic heterocycles. The quantitative estimate of drug-likeness (QED) is 0.565. The van der Waals surface area contributed by atoms with Crippen molar-refractivity contribution in [3.8, 4) is 11.4 Å². The molecule has 0 spiro atoms. The third-order valence-corrected chi connectivity index (χ3v) is 4.19. The van der Waals surface area contributed by atoms with Crippen molar-refractivity contribution in [2.45, 2.75) is 20.4 Å². The van der Waals surface area contributed by atoms with Crippen LogP contribution in [0.1, 0.15) is 19.7 Å². The molecule has 134 valence electrons. The van der Waals surface area contributed by atoms with E-state index in [9.17, 15) is 9.18 Å². The van der Waals surface area contributed by atoms with Crippen LogP contribution in [0.25, 0.3) is 5.69 Å². The van der Waals surface area contributed by atoms with Gasteiger partial charge in [-0.3, -0.25) is 14.3 Å². The highest BCUT2D eigenvalue weighted by Gasteiger charge is 2.11. The smallest absolute Gasteiger partial charge is 0.259 e. The van der Waals surface area contributed by atoms with E-state index < -0.39 is 23.6 Å². The van der Waals surface area contributed by atoms with Gasteiger partial charge in [0.15, 0.2) is 0 Å². The van der Waals surface area contributed by atoms with E-state index in [0.29, 0.717) is 16.0 Å². The third kappa shape index (κ3) is 3.94. The Balaban J connectivity index is 2.01. The Morgan fingerprint density at radius 2 is 2.04 bits per heavy atom. The number of pyridine rings is 3. The van der Waals surface area contributed by atoms with Gasteiger partial charge in [0, 0.05) is 30.2 Å². The molecule has 0 fully saturated rings. The molecular weight excluding hydrogens is 425 g/mol. The second-order valence-corrected chi connectivity index (χ2v) is 6.74. The van der Waals surface area contributed by atoms with Gasteiger partial charge in [-0.25, -0.2) is 9.37 Å². The number of nitrogens with zero attached hydrogens (tertiary/aromatic N) is 3. The first-order valence-corrected chi connectivity index (χ1v) is 8.62. The summed E-state index contributed by atoms with van der Waals surface area (Å²) in [4.78, 5) is 20.5. The molecule has 0 radical (unpaired) electrons. The Kier molecular flexibility index (Phi) is 4.64. The first-order chi connectivity index (χ1) is 13.1. The summed E-state index contributed by atoms with van der Waals surface area (Å²) in [6.45, 7) is 0.896. The van der Waals surface area contributed by atoms with Crippen LogP contribution in [0.15, 0.2) is 46.1 Å². The lowest BCUT2D eigenvalue weighted by atomic mass is 10.2. The molecule has 0 atom stereocenters. The summed E-state index contributed by atoms with van der Waals surface area (Å²) < 4.78 is 37.3. The van der Waals surface area contributed by atoms with E-state index in [1.807, 2.05) is 6.92 Å². The molecule has 3 aromatic rings. The summed E-state index contributed by atoms with van der Waals surface area (Å²) in [6.07, 6.45) is 2.75. The zero-order chi connectivity index (χ0) is 20.6. The number of rotatable bonds is 4. The molecule has 5 nitrogen and oxygen atoms in total. The van der Waals surface area contributed by atoms with Crippen LogP contribution in [0.5, 0.6) is 5.75 Å². The second-order valence-electron chi connectivity index (χ2n) is 5.49. The third-order valence-electron chi connectivity index (χ3n) is 3.55. The normalized spacial score (nSPS) is 12.5. The first-order valence-electron chi connectivity index (χ1n) is 8.45. The summed E-state index contributed by atoms with van der Waals surface area (Å²) >= 11 is 8.93. The minimum Gasteiger partial charge on any atom is -0.487 e. The lowest BCUT2D eigenvalue weighted by Gasteiger charge is -2.14. The summed E-state index contributed by atoms with van der Waals surface area (Å²) in [5.74, 6) is -0.995. The number of hydrogen-bond acceptors (Lipinski definition) is 4. The second kappa shape index (κ2) is 7.55. The van der Waals surface area contributed by atoms with Gasteiger partial charge in [0.1, 0.15) is 28.4 Å². The van der Waals surface area contributed by atoms with Crippen LogP contribution >= 0.6 is 27.5 Å². The van der Waals surface area contributed by atoms with Gasteiger partial charge in [0.2, 0.25) is 0 Å². The van der Waals surface area contributed by atoms with E-state index in [1.54, 1.807) is 19.2 Å². The van der Waals surface area contributed by atoms with E-state index >= 15 is 0 Å². The number of aromatic nitrogens is 3. The SMILES string of the molecule is [2H]C([2H])(Oc1cc(C)n(-c2cc(Br)ncc2C)c(=O)c1)c1ncc(Cl)cc1F. The van der Waals surface area contributed by atoms with Crippen molar-refractivity contribution < 1.29 is 11.9 Å². The Morgan fingerprint density at radius 1 is 1.27 bits per heavy atom. The molecule has 0 bridgehead atoms. The van der Waals surface area contributed by atoms with E-state index in [1.165, 1.54) is 10.6 Å². The average molecular weight is 441 g/mol.